The standard InChI is InChI=1S/C11H26N2O/c1-5-10(3)11(9-12)13(6-2)7-8-14-4/h10-11H,5-9,12H2,1-4H3. The van der Waals surface area contributed by atoms with Crippen LogP contribution in [0.2, 0.25) is 0 Å². The summed E-state index contributed by atoms with van der Waals surface area (Å²) in [5.74, 6) is 0.664. The molecule has 0 aromatic rings. The monoisotopic (exact) mass is 202 g/mol. The predicted octanol–water partition coefficient (Wildman–Crippen LogP) is 1.33. The first-order valence-corrected chi connectivity index (χ1v) is 5.64. The normalized spacial score (nSPS) is 15.9. The Kier molecular flexibility index (Phi) is 8.14. The summed E-state index contributed by atoms with van der Waals surface area (Å²) < 4.78 is 5.10. The molecule has 0 fully saturated rings. The molecular weight excluding hydrogens is 176 g/mol. The van der Waals surface area contributed by atoms with Gasteiger partial charge in [-0.15, -0.1) is 0 Å². The molecule has 3 heteroatoms. The zero-order valence-corrected chi connectivity index (χ0v) is 10.1. The molecule has 86 valence electrons. The molecule has 0 bridgehead atoms. The third-order valence-corrected chi connectivity index (χ3v) is 3.00. The van der Waals surface area contributed by atoms with Crippen LogP contribution in [-0.2, 0) is 4.74 Å². The van der Waals surface area contributed by atoms with Gasteiger partial charge in [0.2, 0.25) is 0 Å². The molecule has 2 N–H and O–H groups in total. The van der Waals surface area contributed by atoms with Gasteiger partial charge in [0, 0.05) is 26.2 Å². The van der Waals surface area contributed by atoms with E-state index in [0.717, 1.165) is 26.2 Å². The zero-order chi connectivity index (χ0) is 11.0. The van der Waals surface area contributed by atoms with Crippen molar-refractivity contribution in [2.45, 2.75) is 33.2 Å². The van der Waals surface area contributed by atoms with Gasteiger partial charge in [-0.3, -0.25) is 4.90 Å². The van der Waals surface area contributed by atoms with Gasteiger partial charge in [-0.1, -0.05) is 27.2 Å². The summed E-state index contributed by atoms with van der Waals surface area (Å²) in [7, 11) is 1.74. The molecule has 0 aliphatic rings. The molecule has 3 nitrogen and oxygen atoms in total. The highest BCUT2D eigenvalue weighted by atomic mass is 16.5. The lowest BCUT2D eigenvalue weighted by molar-refractivity contribution is 0.103. The van der Waals surface area contributed by atoms with Crippen LogP contribution in [0.3, 0.4) is 0 Å². The van der Waals surface area contributed by atoms with Gasteiger partial charge in [0.15, 0.2) is 0 Å². The largest absolute Gasteiger partial charge is 0.383 e. The van der Waals surface area contributed by atoms with E-state index >= 15 is 0 Å². The number of hydrogen-bond donors (Lipinski definition) is 1. The van der Waals surface area contributed by atoms with Gasteiger partial charge in [-0.2, -0.15) is 0 Å². The highest BCUT2D eigenvalue weighted by Crippen LogP contribution is 2.13. The number of nitrogens with two attached hydrogens (primary N) is 1. The maximum absolute atomic E-state index is 5.81. The van der Waals surface area contributed by atoms with Crippen molar-refractivity contribution in [2.24, 2.45) is 11.7 Å². The minimum atomic E-state index is 0.500. The molecule has 0 spiro atoms. The van der Waals surface area contributed by atoms with Crippen LogP contribution in [0.15, 0.2) is 0 Å². The number of rotatable bonds is 8. The number of likely N-dealkylation sites (N-methyl/N-ethyl adjacent to an activating group) is 1. The third-order valence-electron chi connectivity index (χ3n) is 3.00. The van der Waals surface area contributed by atoms with Crippen molar-refractivity contribution in [3.63, 3.8) is 0 Å². The van der Waals surface area contributed by atoms with Gasteiger partial charge in [0.25, 0.3) is 0 Å². The summed E-state index contributed by atoms with van der Waals surface area (Å²) in [4.78, 5) is 2.41. The number of methoxy groups -OCH3 is 1. The second-order valence-corrected chi connectivity index (χ2v) is 3.81. The number of hydrogen-bond acceptors (Lipinski definition) is 3. The van der Waals surface area contributed by atoms with E-state index in [0.29, 0.717) is 12.0 Å². The highest BCUT2D eigenvalue weighted by molar-refractivity contribution is 4.76. The Morgan fingerprint density at radius 2 is 2.00 bits per heavy atom. The fourth-order valence-corrected chi connectivity index (χ4v) is 1.78. The molecule has 0 saturated heterocycles. The average molecular weight is 202 g/mol. The fourth-order valence-electron chi connectivity index (χ4n) is 1.78. The van der Waals surface area contributed by atoms with E-state index in [9.17, 15) is 0 Å². The highest BCUT2D eigenvalue weighted by Gasteiger charge is 2.20. The van der Waals surface area contributed by atoms with Gasteiger partial charge < -0.3 is 10.5 Å². The molecule has 0 saturated carbocycles. The van der Waals surface area contributed by atoms with Crippen molar-refractivity contribution in [2.75, 3.05) is 33.4 Å². The van der Waals surface area contributed by atoms with Gasteiger partial charge in [-0.25, -0.2) is 0 Å². The van der Waals surface area contributed by atoms with E-state index in [1.807, 2.05) is 0 Å². The van der Waals surface area contributed by atoms with Gasteiger partial charge in [0.1, 0.15) is 0 Å². The van der Waals surface area contributed by atoms with E-state index in [1.165, 1.54) is 6.42 Å². The van der Waals surface area contributed by atoms with Crippen LogP contribution < -0.4 is 5.73 Å². The maximum atomic E-state index is 5.81. The molecule has 0 heterocycles. The van der Waals surface area contributed by atoms with Crippen molar-refractivity contribution >= 4 is 0 Å². The van der Waals surface area contributed by atoms with Gasteiger partial charge in [-0.05, 0) is 12.5 Å². The summed E-state index contributed by atoms with van der Waals surface area (Å²) in [5.41, 5.74) is 5.81. The second-order valence-electron chi connectivity index (χ2n) is 3.81. The molecule has 2 unspecified atom stereocenters. The lowest BCUT2D eigenvalue weighted by Gasteiger charge is -2.33. The molecule has 2 atom stereocenters. The van der Waals surface area contributed by atoms with Crippen molar-refractivity contribution in [1.29, 1.82) is 0 Å². The van der Waals surface area contributed by atoms with E-state index in [4.69, 9.17) is 10.5 Å². The molecule has 0 aliphatic carbocycles. The molecule has 0 radical (unpaired) electrons. The van der Waals surface area contributed by atoms with E-state index in [-0.39, 0.29) is 0 Å². The summed E-state index contributed by atoms with van der Waals surface area (Å²) in [6, 6.07) is 0.500. The van der Waals surface area contributed by atoms with E-state index in [1.54, 1.807) is 7.11 Å². The van der Waals surface area contributed by atoms with Crippen LogP contribution in [0.1, 0.15) is 27.2 Å². The Hall–Kier alpha value is -0.120. The van der Waals surface area contributed by atoms with Crippen molar-refractivity contribution in [1.82, 2.24) is 4.90 Å². The zero-order valence-electron chi connectivity index (χ0n) is 10.1. The lowest BCUT2D eigenvalue weighted by atomic mass is 9.97. The lowest BCUT2D eigenvalue weighted by Crippen LogP contribution is -2.46. The van der Waals surface area contributed by atoms with Crippen LogP contribution >= 0.6 is 0 Å². The van der Waals surface area contributed by atoms with Crippen molar-refractivity contribution < 1.29 is 4.74 Å². The number of ether oxygens (including phenoxy) is 1. The Bertz CT molecular complexity index is 130. The molecule has 0 rings (SSSR count). The second kappa shape index (κ2) is 8.21. The van der Waals surface area contributed by atoms with Crippen molar-refractivity contribution in [3.8, 4) is 0 Å². The predicted molar refractivity (Wildman–Crippen MR) is 61.4 cm³/mol. The van der Waals surface area contributed by atoms with Crippen molar-refractivity contribution in [3.05, 3.63) is 0 Å². The minimum absolute atomic E-state index is 0.500. The summed E-state index contributed by atoms with van der Waals surface area (Å²) in [6.07, 6.45) is 1.19. The third kappa shape index (κ3) is 4.40. The van der Waals surface area contributed by atoms with Crippen LogP contribution in [-0.4, -0.2) is 44.3 Å². The first kappa shape index (κ1) is 13.9. The molecular formula is C11H26N2O. The Morgan fingerprint density at radius 3 is 2.36 bits per heavy atom. The Morgan fingerprint density at radius 1 is 1.36 bits per heavy atom. The van der Waals surface area contributed by atoms with E-state index < -0.39 is 0 Å². The minimum Gasteiger partial charge on any atom is -0.383 e. The average Bonchev–Trinajstić information content (AvgIpc) is 2.23. The van der Waals surface area contributed by atoms with Gasteiger partial charge >= 0.3 is 0 Å². The quantitative estimate of drug-likeness (QED) is 0.645. The summed E-state index contributed by atoms with van der Waals surface area (Å²) in [5, 5.41) is 0. The Labute approximate surface area is 88.6 Å². The summed E-state index contributed by atoms with van der Waals surface area (Å²) in [6.45, 7) is 10.2. The van der Waals surface area contributed by atoms with Crippen LogP contribution in [0.4, 0.5) is 0 Å². The molecule has 0 aromatic carbocycles. The van der Waals surface area contributed by atoms with Gasteiger partial charge in [0.05, 0.1) is 6.61 Å². The molecule has 14 heavy (non-hydrogen) atoms. The smallest absolute Gasteiger partial charge is 0.0589 e. The Balaban J connectivity index is 4.13. The van der Waals surface area contributed by atoms with E-state index in [2.05, 4.69) is 25.7 Å². The molecule has 0 aromatic heterocycles. The first-order chi connectivity index (χ1) is 6.71. The summed E-state index contributed by atoms with van der Waals surface area (Å²) >= 11 is 0. The molecule has 0 amide bonds. The maximum Gasteiger partial charge on any atom is 0.0589 e. The van der Waals surface area contributed by atoms with Crippen LogP contribution in [0.5, 0.6) is 0 Å². The first-order valence-electron chi connectivity index (χ1n) is 5.64. The van der Waals surface area contributed by atoms with Crippen LogP contribution in [0, 0.1) is 5.92 Å². The van der Waals surface area contributed by atoms with Crippen LogP contribution in [0.25, 0.3) is 0 Å². The SMILES string of the molecule is CCC(C)C(CN)N(CC)CCOC. The fraction of sp³-hybridized carbons (Fsp3) is 1.00. The molecule has 0 aliphatic heterocycles. The number of nitrogens with zero attached hydrogens (tertiary/aromatic N) is 1. The topological polar surface area (TPSA) is 38.5 Å².